The normalized spacial score (nSPS) is 10.7. The highest BCUT2D eigenvalue weighted by molar-refractivity contribution is 5.95. The van der Waals surface area contributed by atoms with E-state index in [1.54, 1.807) is 0 Å². The van der Waals surface area contributed by atoms with Crippen molar-refractivity contribution >= 4 is 5.97 Å². The Bertz CT molecular complexity index is 856. The van der Waals surface area contributed by atoms with Crippen molar-refractivity contribution < 1.29 is 36.9 Å². The first-order valence-corrected chi connectivity index (χ1v) is 7.25. The maximum Gasteiger partial charge on any atom is 0.422 e. The Morgan fingerprint density at radius 1 is 1.19 bits per heavy atom. The SMILES string of the molecule is C#Cc1cccc(Oc2nc(OC)cc(OC)n2)c1C(=O)OCC(F)(F)F. The molecule has 1 aromatic carbocycles. The lowest BCUT2D eigenvalue weighted by Crippen LogP contribution is -2.21. The van der Waals surface area contributed by atoms with Gasteiger partial charge in [0, 0.05) is 5.56 Å². The average molecular weight is 382 g/mol. The maximum absolute atomic E-state index is 12.3. The van der Waals surface area contributed by atoms with Crippen molar-refractivity contribution in [3.63, 3.8) is 0 Å². The highest BCUT2D eigenvalue weighted by atomic mass is 19.4. The number of hydrogen-bond acceptors (Lipinski definition) is 7. The van der Waals surface area contributed by atoms with Crippen molar-refractivity contribution in [2.75, 3.05) is 20.8 Å². The summed E-state index contributed by atoms with van der Waals surface area (Å²) in [4.78, 5) is 20.0. The number of ether oxygens (including phenoxy) is 4. The summed E-state index contributed by atoms with van der Waals surface area (Å²) < 4.78 is 56.6. The van der Waals surface area contributed by atoms with E-state index in [1.807, 2.05) is 0 Å². The number of aromatic nitrogens is 2. The predicted octanol–water partition coefficient (Wildman–Crippen LogP) is 2.99. The van der Waals surface area contributed by atoms with Gasteiger partial charge < -0.3 is 18.9 Å². The lowest BCUT2D eigenvalue weighted by atomic mass is 10.1. The van der Waals surface area contributed by atoms with E-state index in [0.717, 1.165) is 0 Å². The van der Waals surface area contributed by atoms with E-state index in [2.05, 4.69) is 20.6 Å². The molecule has 0 aliphatic rings. The number of alkyl halides is 3. The third-order valence-electron chi connectivity index (χ3n) is 3.03. The van der Waals surface area contributed by atoms with E-state index in [0.29, 0.717) is 0 Å². The number of benzene rings is 1. The number of rotatable bonds is 6. The number of terminal acetylenes is 1. The highest BCUT2D eigenvalue weighted by Crippen LogP contribution is 2.29. The molecule has 1 heterocycles. The van der Waals surface area contributed by atoms with Gasteiger partial charge in [-0.15, -0.1) is 6.42 Å². The highest BCUT2D eigenvalue weighted by Gasteiger charge is 2.31. The Morgan fingerprint density at radius 3 is 2.33 bits per heavy atom. The molecule has 0 N–H and O–H groups in total. The van der Waals surface area contributed by atoms with Crippen LogP contribution in [-0.2, 0) is 4.74 Å². The summed E-state index contributed by atoms with van der Waals surface area (Å²) in [6.45, 7) is -1.77. The fourth-order valence-corrected chi connectivity index (χ4v) is 1.90. The summed E-state index contributed by atoms with van der Waals surface area (Å²) in [5.74, 6) is 0.911. The molecule has 0 atom stereocenters. The quantitative estimate of drug-likeness (QED) is 0.561. The molecule has 2 rings (SSSR count). The number of carbonyl (C=O) groups excluding carboxylic acids is 1. The molecule has 0 radical (unpaired) electrons. The molecule has 0 aliphatic carbocycles. The largest absolute Gasteiger partial charge is 0.481 e. The lowest BCUT2D eigenvalue weighted by molar-refractivity contribution is -0.161. The van der Waals surface area contributed by atoms with Crippen molar-refractivity contribution in [2.24, 2.45) is 0 Å². The predicted molar refractivity (Wildman–Crippen MR) is 85.9 cm³/mol. The molecule has 142 valence electrons. The molecule has 10 heteroatoms. The van der Waals surface area contributed by atoms with E-state index < -0.39 is 18.8 Å². The van der Waals surface area contributed by atoms with Crippen LogP contribution in [0.1, 0.15) is 15.9 Å². The molecular weight excluding hydrogens is 369 g/mol. The smallest absolute Gasteiger partial charge is 0.422 e. The fraction of sp³-hybridized carbons (Fsp3) is 0.235. The zero-order valence-corrected chi connectivity index (χ0v) is 14.2. The van der Waals surface area contributed by atoms with Crippen LogP contribution in [0.4, 0.5) is 13.2 Å². The van der Waals surface area contributed by atoms with Crippen LogP contribution in [0.5, 0.6) is 23.5 Å². The molecule has 0 fully saturated rings. The number of methoxy groups -OCH3 is 2. The number of carbonyl (C=O) groups is 1. The summed E-state index contributed by atoms with van der Waals surface area (Å²) >= 11 is 0. The van der Waals surface area contributed by atoms with E-state index >= 15 is 0 Å². The molecule has 0 amide bonds. The van der Waals surface area contributed by atoms with Gasteiger partial charge in [-0.1, -0.05) is 12.0 Å². The second-order valence-corrected chi connectivity index (χ2v) is 4.85. The first-order valence-electron chi connectivity index (χ1n) is 7.25. The minimum atomic E-state index is -4.69. The molecule has 0 saturated carbocycles. The van der Waals surface area contributed by atoms with Crippen LogP contribution in [0.3, 0.4) is 0 Å². The van der Waals surface area contributed by atoms with Gasteiger partial charge in [-0.2, -0.15) is 23.1 Å². The van der Waals surface area contributed by atoms with Crippen molar-refractivity contribution in [3.8, 4) is 35.9 Å². The van der Waals surface area contributed by atoms with Gasteiger partial charge in [-0.05, 0) is 12.1 Å². The Balaban J connectivity index is 2.40. The van der Waals surface area contributed by atoms with Crippen molar-refractivity contribution in [2.45, 2.75) is 6.18 Å². The average Bonchev–Trinajstić information content (AvgIpc) is 2.64. The number of halogens is 3. The zero-order valence-electron chi connectivity index (χ0n) is 14.2. The van der Waals surface area contributed by atoms with Gasteiger partial charge in [0.05, 0.1) is 20.3 Å². The summed E-state index contributed by atoms with van der Waals surface area (Å²) in [6.07, 6.45) is 0.628. The van der Waals surface area contributed by atoms with E-state index in [9.17, 15) is 18.0 Å². The van der Waals surface area contributed by atoms with Crippen LogP contribution in [0.15, 0.2) is 24.3 Å². The Labute approximate surface area is 152 Å². The lowest BCUT2D eigenvalue weighted by Gasteiger charge is -2.13. The van der Waals surface area contributed by atoms with Crippen LogP contribution >= 0.6 is 0 Å². The van der Waals surface area contributed by atoms with Gasteiger partial charge in [-0.3, -0.25) is 0 Å². The number of esters is 1. The molecule has 1 aromatic heterocycles. The number of hydrogen-bond donors (Lipinski definition) is 0. The van der Waals surface area contributed by atoms with Crippen LogP contribution in [0.2, 0.25) is 0 Å². The van der Waals surface area contributed by atoms with Gasteiger partial charge in [-0.25, -0.2) is 4.79 Å². The molecule has 0 spiro atoms. The Hall–Kier alpha value is -3.48. The summed E-state index contributed by atoms with van der Waals surface area (Å²) in [5.41, 5.74) is -0.385. The molecule has 7 nitrogen and oxygen atoms in total. The van der Waals surface area contributed by atoms with Crippen LogP contribution in [0, 0.1) is 12.3 Å². The molecule has 0 unspecified atom stereocenters. The summed E-state index contributed by atoms with van der Waals surface area (Å²) in [6, 6.07) is 5.21. The molecule has 27 heavy (non-hydrogen) atoms. The van der Waals surface area contributed by atoms with Gasteiger partial charge in [0.1, 0.15) is 11.3 Å². The van der Waals surface area contributed by atoms with E-state index in [4.69, 9.17) is 20.6 Å². The minimum Gasteiger partial charge on any atom is -0.481 e. The second kappa shape index (κ2) is 8.27. The molecular formula is C17H13F3N2O5. The molecule has 2 aromatic rings. The van der Waals surface area contributed by atoms with E-state index in [-0.39, 0.29) is 34.6 Å². The summed E-state index contributed by atoms with van der Waals surface area (Å²) in [5, 5.41) is 0. The van der Waals surface area contributed by atoms with Crippen molar-refractivity contribution in [3.05, 3.63) is 35.4 Å². The third kappa shape index (κ3) is 5.24. The van der Waals surface area contributed by atoms with E-state index in [1.165, 1.54) is 38.5 Å². The first kappa shape index (κ1) is 19.8. The molecule has 0 aliphatic heterocycles. The third-order valence-corrected chi connectivity index (χ3v) is 3.03. The van der Waals surface area contributed by atoms with Crippen LogP contribution in [0.25, 0.3) is 0 Å². The molecule has 0 saturated heterocycles. The maximum atomic E-state index is 12.3. The second-order valence-electron chi connectivity index (χ2n) is 4.85. The monoisotopic (exact) mass is 382 g/mol. The van der Waals surface area contributed by atoms with Gasteiger partial charge in [0.15, 0.2) is 6.61 Å². The zero-order chi connectivity index (χ0) is 20.0. The minimum absolute atomic E-state index is 0.0189. The van der Waals surface area contributed by atoms with Crippen LogP contribution in [-0.4, -0.2) is 42.9 Å². The van der Waals surface area contributed by atoms with Crippen molar-refractivity contribution in [1.29, 1.82) is 0 Å². The Morgan fingerprint density at radius 2 is 1.81 bits per heavy atom. The van der Waals surface area contributed by atoms with Crippen LogP contribution < -0.4 is 14.2 Å². The topological polar surface area (TPSA) is 79.8 Å². The molecule has 0 bridgehead atoms. The Kier molecular flexibility index (Phi) is 6.07. The first-order chi connectivity index (χ1) is 12.8. The number of nitrogens with zero attached hydrogens (tertiary/aromatic N) is 2. The fourth-order valence-electron chi connectivity index (χ4n) is 1.90. The van der Waals surface area contributed by atoms with Crippen molar-refractivity contribution in [1.82, 2.24) is 9.97 Å². The summed E-state index contributed by atoms with van der Waals surface area (Å²) in [7, 11) is 2.70. The van der Waals surface area contributed by atoms with Gasteiger partial charge >= 0.3 is 18.2 Å². The van der Waals surface area contributed by atoms with Gasteiger partial charge in [0.2, 0.25) is 11.8 Å². The standard InChI is InChI=1S/C17H13F3N2O5/c1-4-10-6-5-7-11(14(10)15(23)26-9-17(18,19)20)27-16-21-12(24-2)8-13(22-16)25-3/h1,5-8H,9H2,2-3H3. The van der Waals surface area contributed by atoms with Gasteiger partial charge in [0.25, 0.3) is 0 Å².